The van der Waals surface area contributed by atoms with Gasteiger partial charge in [0, 0.05) is 34.5 Å². The summed E-state index contributed by atoms with van der Waals surface area (Å²) in [6, 6.07) is 3.76. The zero-order chi connectivity index (χ0) is 23.2. The van der Waals surface area contributed by atoms with Gasteiger partial charge in [-0.05, 0) is 30.7 Å². The number of fused-ring (bicyclic) bond motifs is 1. The molecule has 168 valence electrons. The third-order valence-electron chi connectivity index (χ3n) is 5.48. The minimum Gasteiger partial charge on any atom is -0.462 e. The number of carbonyl (C=O) groups is 1. The Hall–Kier alpha value is -3.50. The minimum atomic E-state index is -3.09. The van der Waals surface area contributed by atoms with Crippen LogP contribution in [0.2, 0.25) is 0 Å². The van der Waals surface area contributed by atoms with Crippen molar-refractivity contribution in [2.75, 3.05) is 5.32 Å². The molecule has 0 spiro atoms. The SMILES string of the molecule is C=Cc1cc(C(F)F)cnc1C(=O)Nc1ccc(F)c([C@@]2(C(F)F)N=C(N)O[C@@H]3C[C@@H]32)c1. The molecule has 1 saturated carbocycles. The number of hydrogen-bond donors (Lipinski definition) is 2. The maximum atomic E-state index is 14.7. The average Bonchev–Trinajstić information content (AvgIpc) is 3.53. The van der Waals surface area contributed by atoms with Gasteiger partial charge in [0.1, 0.15) is 17.6 Å². The van der Waals surface area contributed by atoms with E-state index >= 15 is 0 Å². The van der Waals surface area contributed by atoms with Crippen molar-refractivity contribution in [2.45, 2.75) is 30.9 Å². The number of nitrogens with zero attached hydrogens (tertiary/aromatic N) is 2. The molecule has 1 aromatic carbocycles. The Balaban J connectivity index is 1.69. The Kier molecular flexibility index (Phi) is 5.35. The summed E-state index contributed by atoms with van der Waals surface area (Å²) in [7, 11) is 0. The number of amides is 1. The lowest BCUT2D eigenvalue weighted by atomic mass is 9.84. The summed E-state index contributed by atoms with van der Waals surface area (Å²) in [4.78, 5) is 20.2. The number of hydrogen-bond acceptors (Lipinski definition) is 5. The predicted octanol–water partition coefficient (Wildman–Crippen LogP) is 4.25. The van der Waals surface area contributed by atoms with E-state index in [-0.39, 0.29) is 23.4 Å². The number of nitrogens with one attached hydrogen (secondary N) is 1. The molecular formula is C21H17F5N4O2. The van der Waals surface area contributed by atoms with Gasteiger partial charge in [0.25, 0.3) is 24.8 Å². The second kappa shape index (κ2) is 7.88. The first-order chi connectivity index (χ1) is 15.2. The third kappa shape index (κ3) is 3.57. The number of pyridine rings is 1. The number of halogens is 5. The van der Waals surface area contributed by atoms with E-state index < -0.39 is 59.3 Å². The lowest BCUT2D eigenvalue weighted by Crippen LogP contribution is -2.43. The number of carbonyl (C=O) groups excluding carboxylic acids is 1. The summed E-state index contributed by atoms with van der Waals surface area (Å²) in [6.07, 6.45) is -4.21. The van der Waals surface area contributed by atoms with Gasteiger partial charge in [-0.1, -0.05) is 12.7 Å². The van der Waals surface area contributed by atoms with Crippen LogP contribution in [0.25, 0.3) is 6.08 Å². The minimum absolute atomic E-state index is 0.0152. The van der Waals surface area contributed by atoms with E-state index in [2.05, 4.69) is 21.9 Å². The first-order valence-electron chi connectivity index (χ1n) is 9.49. The van der Waals surface area contributed by atoms with Gasteiger partial charge in [-0.3, -0.25) is 4.79 Å². The normalized spacial score (nSPS) is 23.9. The molecule has 0 bridgehead atoms. The van der Waals surface area contributed by atoms with Crippen LogP contribution < -0.4 is 11.1 Å². The van der Waals surface area contributed by atoms with Gasteiger partial charge < -0.3 is 15.8 Å². The summed E-state index contributed by atoms with van der Waals surface area (Å²) < 4.78 is 74.0. The van der Waals surface area contributed by atoms with Crippen molar-refractivity contribution in [3.63, 3.8) is 0 Å². The molecule has 32 heavy (non-hydrogen) atoms. The molecule has 2 aromatic rings. The number of anilines is 1. The Morgan fingerprint density at radius 2 is 2.06 bits per heavy atom. The Morgan fingerprint density at radius 3 is 2.72 bits per heavy atom. The maximum absolute atomic E-state index is 14.7. The number of rotatable bonds is 6. The number of benzene rings is 1. The van der Waals surface area contributed by atoms with Gasteiger partial charge >= 0.3 is 0 Å². The van der Waals surface area contributed by atoms with Crippen LogP contribution in [0.1, 0.15) is 40.0 Å². The monoisotopic (exact) mass is 452 g/mol. The largest absolute Gasteiger partial charge is 0.462 e. The summed E-state index contributed by atoms with van der Waals surface area (Å²) in [6.45, 7) is 3.48. The van der Waals surface area contributed by atoms with Crippen LogP contribution in [0, 0.1) is 11.7 Å². The van der Waals surface area contributed by atoms with E-state index in [4.69, 9.17) is 10.5 Å². The molecule has 0 unspecified atom stereocenters. The molecule has 4 rings (SSSR count). The van der Waals surface area contributed by atoms with Crippen molar-refractivity contribution in [3.05, 3.63) is 65.2 Å². The van der Waals surface area contributed by atoms with E-state index in [1.54, 1.807) is 0 Å². The Bertz CT molecular complexity index is 1120. The maximum Gasteiger partial charge on any atom is 0.283 e. The quantitative estimate of drug-likeness (QED) is 0.642. The Morgan fingerprint density at radius 1 is 1.31 bits per heavy atom. The highest BCUT2D eigenvalue weighted by Crippen LogP contribution is 2.56. The number of ether oxygens (including phenoxy) is 1. The second-order valence-electron chi connectivity index (χ2n) is 7.43. The number of aromatic nitrogens is 1. The molecule has 1 amide bonds. The average molecular weight is 452 g/mol. The topological polar surface area (TPSA) is 89.6 Å². The van der Waals surface area contributed by atoms with Crippen molar-refractivity contribution in [3.8, 4) is 0 Å². The fraction of sp³-hybridized carbons (Fsp3) is 0.286. The highest BCUT2D eigenvalue weighted by atomic mass is 19.3. The van der Waals surface area contributed by atoms with E-state index in [1.807, 2.05) is 0 Å². The smallest absolute Gasteiger partial charge is 0.283 e. The first-order valence-corrected chi connectivity index (χ1v) is 9.49. The third-order valence-corrected chi connectivity index (χ3v) is 5.48. The molecule has 3 atom stereocenters. The molecule has 6 nitrogen and oxygen atoms in total. The zero-order valence-electron chi connectivity index (χ0n) is 16.4. The van der Waals surface area contributed by atoms with E-state index in [9.17, 15) is 26.7 Å². The van der Waals surface area contributed by atoms with Crippen LogP contribution in [0.3, 0.4) is 0 Å². The standard InChI is InChI=1S/C21H17F5N4O2/c1-2-9-5-10(17(23)24)8-28-16(9)18(31)29-11-3-4-14(22)12(6-11)21(19(25)26)13-7-15(13)32-20(27)30-21/h2-6,8,13,15,17,19H,1,7H2,(H2,27,30)(H,29,31)/t13-,15+,21+/m0/s1. The molecule has 0 saturated heterocycles. The van der Waals surface area contributed by atoms with Gasteiger partial charge in [0.05, 0.1) is 0 Å². The van der Waals surface area contributed by atoms with Crippen LogP contribution in [-0.4, -0.2) is 29.4 Å². The molecule has 1 aliphatic heterocycles. The molecule has 11 heteroatoms. The molecule has 0 radical (unpaired) electrons. The lowest BCUT2D eigenvalue weighted by molar-refractivity contribution is 0.0177. The van der Waals surface area contributed by atoms with Gasteiger partial charge in [-0.2, -0.15) is 0 Å². The molecule has 1 aromatic heterocycles. The van der Waals surface area contributed by atoms with Crippen LogP contribution >= 0.6 is 0 Å². The molecular weight excluding hydrogens is 435 g/mol. The van der Waals surface area contributed by atoms with Crippen molar-refractivity contribution >= 4 is 23.7 Å². The fourth-order valence-corrected chi connectivity index (χ4v) is 3.86. The van der Waals surface area contributed by atoms with Crippen molar-refractivity contribution in [1.82, 2.24) is 4.98 Å². The summed E-state index contributed by atoms with van der Waals surface area (Å²) in [5.74, 6) is -2.53. The highest BCUT2D eigenvalue weighted by Gasteiger charge is 2.64. The van der Waals surface area contributed by atoms with E-state index in [0.717, 1.165) is 24.4 Å². The van der Waals surface area contributed by atoms with Crippen molar-refractivity contribution in [1.29, 1.82) is 0 Å². The summed E-state index contributed by atoms with van der Waals surface area (Å²) in [5, 5.41) is 2.42. The number of amidine groups is 1. The van der Waals surface area contributed by atoms with Gasteiger partial charge in [-0.25, -0.2) is 31.9 Å². The molecule has 2 heterocycles. The molecule has 3 N–H and O–H groups in total. The van der Waals surface area contributed by atoms with Gasteiger partial charge in [0.2, 0.25) is 0 Å². The summed E-state index contributed by atoms with van der Waals surface area (Å²) >= 11 is 0. The van der Waals surface area contributed by atoms with E-state index in [0.29, 0.717) is 0 Å². The second-order valence-corrected chi connectivity index (χ2v) is 7.43. The number of nitrogens with two attached hydrogens (primary N) is 1. The predicted molar refractivity (Wildman–Crippen MR) is 106 cm³/mol. The van der Waals surface area contributed by atoms with Gasteiger partial charge in [0.15, 0.2) is 5.54 Å². The Labute approximate surface area is 179 Å². The molecule has 1 fully saturated rings. The fourth-order valence-electron chi connectivity index (χ4n) is 3.86. The number of alkyl halides is 4. The molecule has 1 aliphatic carbocycles. The lowest BCUT2D eigenvalue weighted by Gasteiger charge is -2.33. The van der Waals surface area contributed by atoms with Crippen LogP contribution in [0.15, 0.2) is 42.0 Å². The first kappa shape index (κ1) is 21.7. The molecule has 2 aliphatic rings. The van der Waals surface area contributed by atoms with Crippen molar-refractivity contribution < 1.29 is 31.5 Å². The zero-order valence-corrected chi connectivity index (χ0v) is 16.4. The van der Waals surface area contributed by atoms with Crippen LogP contribution in [0.4, 0.5) is 27.6 Å². The van der Waals surface area contributed by atoms with Gasteiger partial charge in [-0.15, -0.1) is 0 Å². The van der Waals surface area contributed by atoms with Crippen molar-refractivity contribution in [2.24, 2.45) is 16.6 Å². The highest BCUT2D eigenvalue weighted by molar-refractivity contribution is 6.05. The van der Waals surface area contributed by atoms with Crippen LogP contribution in [-0.2, 0) is 10.3 Å². The van der Waals surface area contributed by atoms with Crippen LogP contribution in [0.5, 0.6) is 0 Å². The summed E-state index contributed by atoms with van der Waals surface area (Å²) in [5.41, 5.74) is 2.29. The van der Waals surface area contributed by atoms with E-state index in [1.165, 1.54) is 12.1 Å². The number of aliphatic imine (C=N–C) groups is 1.